The van der Waals surface area contributed by atoms with Gasteiger partial charge in [0.05, 0.1) is 5.56 Å². The summed E-state index contributed by atoms with van der Waals surface area (Å²) in [6.07, 6.45) is 1.59. The third kappa shape index (κ3) is 10.2. The Hall–Kier alpha value is -6.16. The van der Waals surface area contributed by atoms with Crippen molar-refractivity contribution in [1.29, 1.82) is 0 Å². The lowest BCUT2D eigenvalue weighted by Crippen LogP contribution is -2.33. The first kappa shape index (κ1) is 38.1. The maximum absolute atomic E-state index is 13.6. The molecule has 0 radical (unpaired) electrons. The molecule has 0 heterocycles. The molecular weight excluding hydrogens is 672 g/mol. The molecule has 0 unspecified atom stereocenters. The summed E-state index contributed by atoms with van der Waals surface area (Å²) in [7, 11) is 0. The van der Waals surface area contributed by atoms with Crippen molar-refractivity contribution in [2.75, 3.05) is 25.1 Å². The van der Waals surface area contributed by atoms with Crippen LogP contribution in [0.5, 0.6) is 11.5 Å². The number of anilines is 1. The molecule has 5 aromatic carbocycles. The molecule has 0 aromatic heterocycles. The highest BCUT2D eigenvalue weighted by atomic mass is 16.6. The minimum Gasteiger partial charge on any atom is -0.489 e. The van der Waals surface area contributed by atoms with E-state index in [1.54, 1.807) is 32.9 Å². The molecule has 0 aliphatic carbocycles. The van der Waals surface area contributed by atoms with Crippen LogP contribution in [0.1, 0.15) is 50.4 Å². The van der Waals surface area contributed by atoms with Crippen LogP contribution in [-0.4, -0.2) is 54.2 Å². The van der Waals surface area contributed by atoms with Crippen LogP contribution in [0.3, 0.4) is 0 Å². The summed E-state index contributed by atoms with van der Waals surface area (Å²) >= 11 is 0. The number of aromatic carboxylic acids is 1. The van der Waals surface area contributed by atoms with Gasteiger partial charge in [0.25, 0.3) is 0 Å². The van der Waals surface area contributed by atoms with Crippen LogP contribution in [-0.2, 0) is 14.3 Å². The van der Waals surface area contributed by atoms with E-state index >= 15 is 0 Å². The topological polar surface area (TPSA) is 140 Å². The number of carboxylic acids is 1. The van der Waals surface area contributed by atoms with Gasteiger partial charge in [0.1, 0.15) is 30.3 Å². The van der Waals surface area contributed by atoms with Crippen LogP contribution >= 0.6 is 0 Å². The molecule has 274 valence electrons. The van der Waals surface area contributed by atoms with E-state index in [0.717, 1.165) is 32.7 Å². The fourth-order valence-corrected chi connectivity index (χ4v) is 6.05. The van der Waals surface area contributed by atoms with E-state index in [2.05, 4.69) is 17.2 Å². The molecule has 0 bridgehead atoms. The molecule has 2 amide bonds. The Morgan fingerprint density at radius 3 is 2.04 bits per heavy atom. The number of nitrogens with one attached hydrogen (secondary N) is 2. The maximum atomic E-state index is 13.6. The zero-order chi connectivity index (χ0) is 38.0. The standard InChI is InChI=1S/C43H44N2O8/c1-5-24-51-36-21-19-28-12-6-8-17-34(28)38(36)39-35-18-9-7-13-29(35)20-22-37(39)52-27-33(46)26-30(15-11-23-44-42(50)53-43(2,3)4)40(47)45-32-16-10-14-31(25-32)41(48)49/h5-10,12-14,16-22,25,30H,1,11,15,23-24,26-27H2,2-4H3,(H,44,50)(H,45,47)(H,48,49)/t30-/m0/s1. The number of hydrogen-bond donors (Lipinski definition) is 3. The van der Waals surface area contributed by atoms with Crippen LogP contribution in [0, 0.1) is 5.92 Å². The molecule has 0 fully saturated rings. The fraction of sp³-hybridized carbons (Fsp3) is 0.256. The van der Waals surface area contributed by atoms with Crippen LogP contribution in [0.15, 0.2) is 110 Å². The molecule has 3 N–H and O–H groups in total. The molecule has 5 aromatic rings. The van der Waals surface area contributed by atoms with Crippen LogP contribution in [0.4, 0.5) is 10.5 Å². The van der Waals surface area contributed by atoms with Crippen molar-refractivity contribution >= 4 is 51.0 Å². The number of alkyl carbamates (subject to hydrolysis) is 1. The number of benzene rings is 5. The van der Waals surface area contributed by atoms with Crippen LogP contribution in [0.2, 0.25) is 0 Å². The van der Waals surface area contributed by atoms with Gasteiger partial charge in [0.15, 0.2) is 5.78 Å². The molecule has 1 atom stereocenters. The molecule has 10 nitrogen and oxygen atoms in total. The summed E-state index contributed by atoms with van der Waals surface area (Å²) in [5, 5.41) is 18.7. The van der Waals surface area contributed by atoms with Gasteiger partial charge in [-0.3, -0.25) is 9.59 Å². The zero-order valence-corrected chi connectivity index (χ0v) is 30.1. The first-order valence-electron chi connectivity index (χ1n) is 17.5. The first-order valence-corrected chi connectivity index (χ1v) is 17.5. The molecule has 0 spiro atoms. The molecule has 10 heteroatoms. The Bertz CT molecular complexity index is 2130. The van der Waals surface area contributed by atoms with Gasteiger partial charge < -0.3 is 30.0 Å². The zero-order valence-electron chi connectivity index (χ0n) is 30.1. The minimum atomic E-state index is -1.13. The van der Waals surface area contributed by atoms with E-state index < -0.39 is 29.5 Å². The Balaban J connectivity index is 1.39. The van der Waals surface area contributed by atoms with Gasteiger partial charge in [-0.05, 0) is 85.5 Å². The quantitative estimate of drug-likeness (QED) is 0.0680. The SMILES string of the molecule is C=CCOc1ccc2ccccc2c1-c1c(OCC(=O)C[C@H](CCCNC(=O)OC(C)(C)C)C(=O)Nc2cccc(C(=O)O)c2)ccc2ccccc12. The van der Waals surface area contributed by atoms with Gasteiger partial charge in [0.2, 0.25) is 5.91 Å². The van der Waals surface area contributed by atoms with Gasteiger partial charge in [-0.1, -0.05) is 79.4 Å². The number of carboxylic acid groups (broad SMARTS) is 1. The molecular formula is C43H44N2O8. The summed E-state index contributed by atoms with van der Waals surface area (Å²) in [6.45, 7) is 9.30. The van der Waals surface area contributed by atoms with Crippen molar-refractivity contribution in [2.45, 2.75) is 45.6 Å². The van der Waals surface area contributed by atoms with Crippen molar-refractivity contribution in [3.63, 3.8) is 0 Å². The van der Waals surface area contributed by atoms with E-state index in [-0.39, 0.29) is 37.3 Å². The third-order valence-corrected chi connectivity index (χ3v) is 8.40. The van der Waals surface area contributed by atoms with Gasteiger partial charge in [0, 0.05) is 35.7 Å². The smallest absolute Gasteiger partial charge is 0.407 e. The number of Topliss-reactive ketones (excluding diaryl/α,β-unsaturated/α-hetero) is 1. The summed E-state index contributed by atoms with van der Waals surface area (Å²) in [5.41, 5.74) is 1.24. The maximum Gasteiger partial charge on any atom is 0.407 e. The lowest BCUT2D eigenvalue weighted by Gasteiger charge is -2.21. The number of fused-ring (bicyclic) bond motifs is 2. The highest BCUT2D eigenvalue weighted by Crippen LogP contribution is 2.45. The largest absolute Gasteiger partial charge is 0.489 e. The minimum absolute atomic E-state index is 0.0146. The predicted molar refractivity (Wildman–Crippen MR) is 207 cm³/mol. The molecule has 53 heavy (non-hydrogen) atoms. The summed E-state index contributed by atoms with van der Waals surface area (Å²) in [6, 6.07) is 29.5. The Morgan fingerprint density at radius 1 is 0.811 bits per heavy atom. The molecule has 5 rings (SSSR count). The van der Waals surface area contributed by atoms with Crippen molar-refractivity contribution in [2.24, 2.45) is 5.92 Å². The molecule has 0 aliphatic heterocycles. The lowest BCUT2D eigenvalue weighted by molar-refractivity contribution is -0.127. The van der Waals surface area contributed by atoms with Crippen LogP contribution < -0.4 is 20.1 Å². The summed E-state index contributed by atoms with van der Waals surface area (Å²) < 4.78 is 17.8. The summed E-state index contributed by atoms with van der Waals surface area (Å²) in [5.74, 6) is -1.58. The second-order valence-corrected chi connectivity index (χ2v) is 13.6. The summed E-state index contributed by atoms with van der Waals surface area (Å²) in [4.78, 5) is 50.9. The first-order chi connectivity index (χ1) is 25.4. The van der Waals surface area contributed by atoms with E-state index in [9.17, 15) is 24.3 Å². The van der Waals surface area contributed by atoms with Gasteiger partial charge in [-0.15, -0.1) is 0 Å². The Morgan fingerprint density at radius 2 is 1.43 bits per heavy atom. The van der Waals surface area contributed by atoms with E-state index in [4.69, 9.17) is 14.2 Å². The number of ether oxygens (including phenoxy) is 3. The van der Waals surface area contributed by atoms with Gasteiger partial charge in [-0.2, -0.15) is 0 Å². The number of amides is 2. The number of ketones is 1. The average molecular weight is 717 g/mol. The third-order valence-electron chi connectivity index (χ3n) is 8.40. The number of rotatable bonds is 16. The molecule has 0 aliphatic rings. The Kier molecular flexibility index (Phi) is 12.5. The van der Waals surface area contributed by atoms with E-state index in [1.807, 2.05) is 72.8 Å². The Labute approximate surface area is 308 Å². The van der Waals surface area contributed by atoms with Crippen molar-refractivity contribution < 1.29 is 38.5 Å². The lowest BCUT2D eigenvalue weighted by atomic mass is 9.92. The van der Waals surface area contributed by atoms with Crippen molar-refractivity contribution in [1.82, 2.24) is 5.32 Å². The second kappa shape index (κ2) is 17.4. The average Bonchev–Trinajstić information content (AvgIpc) is 3.13. The second-order valence-electron chi connectivity index (χ2n) is 13.6. The van der Waals surface area contributed by atoms with Crippen LogP contribution in [0.25, 0.3) is 32.7 Å². The fourth-order valence-electron chi connectivity index (χ4n) is 6.05. The number of carbonyl (C=O) groups is 4. The van der Waals surface area contributed by atoms with E-state index in [1.165, 1.54) is 18.2 Å². The van der Waals surface area contributed by atoms with Gasteiger partial charge >= 0.3 is 12.1 Å². The molecule has 0 saturated carbocycles. The van der Waals surface area contributed by atoms with Crippen molar-refractivity contribution in [3.8, 4) is 22.6 Å². The normalized spacial score (nSPS) is 11.8. The highest BCUT2D eigenvalue weighted by molar-refractivity contribution is 6.10. The van der Waals surface area contributed by atoms with Crippen molar-refractivity contribution in [3.05, 3.63) is 115 Å². The number of carbonyl (C=O) groups excluding carboxylic acids is 3. The monoisotopic (exact) mass is 716 g/mol. The highest BCUT2D eigenvalue weighted by Gasteiger charge is 2.25. The predicted octanol–water partition coefficient (Wildman–Crippen LogP) is 8.82. The number of hydrogen-bond acceptors (Lipinski definition) is 7. The molecule has 0 saturated heterocycles. The van der Waals surface area contributed by atoms with Gasteiger partial charge in [-0.25, -0.2) is 9.59 Å². The van der Waals surface area contributed by atoms with E-state index in [0.29, 0.717) is 30.2 Å².